The fourth-order valence-electron chi connectivity index (χ4n) is 3.38. The zero-order valence-electron chi connectivity index (χ0n) is 15.8. The minimum Gasteiger partial charge on any atom is -0.497 e. The molecular weight excluding hydrogens is 348 g/mol. The van der Waals surface area contributed by atoms with E-state index in [0.717, 1.165) is 50.7 Å². The molecule has 0 radical (unpaired) electrons. The standard InChI is InChI=1S/C19H28N4O4/c1-26-17-5-3-16(4-6-17)23-14-15(13-18(23)24)21-19(25)20-7-2-8-22-9-11-27-12-10-22/h3-6,15H,2,7-14H2,1H3,(H2,20,21,25)/t15-/m1/s1. The van der Waals surface area contributed by atoms with Crippen LogP contribution in [0.15, 0.2) is 24.3 Å². The summed E-state index contributed by atoms with van der Waals surface area (Å²) in [6.45, 7) is 5.53. The number of methoxy groups -OCH3 is 1. The predicted molar refractivity (Wildman–Crippen MR) is 102 cm³/mol. The second-order valence-corrected chi connectivity index (χ2v) is 6.81. The number of ether oxygens (including phenoxy) is 2. The molecule has 2 fully saturated rings. The second-order valence-electron chi connectivity index (χ2n) is 6.81. The van der Waals surface area contributed by atoms with Gasteiger partial charge in [0.2, 0.25) is 5.91 Å². The first-order valence-electron chi connectivity index (χ1n) is 9.44. The number of urea groups is 1. The van der Waals surface area contributed by atoms with Crippen LogP contribution < -0.4 is 20.3 Å². The molecule has 8 heteroatoms. The normalized spacial score (nSPS) is 20.6. The molecule has 3 rings (SSSR count). The van der Waals surface area contributed by atoms with E-state index in [1.54, 1.807) is 12.0 Å². The van der Waals surface area contributed by atoms with Crippen LogP contribution >= 0.6 is 0 Å². The molecule has 1 aromatic rings. The van der Waals surface area contributed by atoms with E-state index in [4.69, 9.17) is 9.47 Å². The largest absolute Gasteiger partial charge is 0.497 e. The van der Waals surface area contributed by atoms with Crippen molar-refractivity contribution in [2.45, 2.75) is 18.9 Å². The van der Waals surface area contributed by atoms with E-state index in [-0.39, 0.29) is 18.0 Å². The maximum Gasteiger partial charge on any atom is 0.315 e. The molecule has 3 amide bonds. The zero-order chi connectivity index (χ0) is 19.1. The Hall–Kier alpha value is -2.32. The lowest BCUT2D eigenvalue weighted by molar-refractivity contribution is -0.117. The molecule has 2 heterocycles. The summed E-state index contributed by atoms with van der Waals surface area (Å²) in [6.07, 6.45) is 1.21. The van der Waals surface area contributed by atoms with Crippen LogP contribution in [0.25, 0.3) is 0 Å². The summed E-state index contributed by atoms with van der Waals surface area (Å²) >= 11 is 0. The Balaban J connectivity index is 1.37. The molecule has 148 valence electrons. The number of hydrogen-bond acceptors (Lipinski definition) is 5. The SMILES string of the molecule is COc1ccc(N2C[C@H](NC(=O)NCCCN3CCOCC3)CC2=O)cc1. The van der Waals surface area contributed by atoms with Crippen LogP contribution in [0.2, 0.25) is 0 Å². The summed E-state index contributed by atoms with van der Waals surface area (Å²) in [4.78, 5) is 28.4. The Labute approximate surface area is 159 Å². The van der Waals surface area contributed by atoms with Gasteiger partial charge >= 0.3 is 6.03 Å². The first-order valence-corrected chi connectivity index (χ1v) is 9.44. The van der Waals surface area contributed by atoms with Crippen LogP contribution in [0.4, 0.5) is 10.5 Å². The molecule has 1 atom stereocenters. The van der Waals surface area contributed by atoms with Crippen molar-refractivity contribution in [3.05, 3.63) is 24.3 Å². The van der Waals surface area contributed by atoms with E-state index in [1.165, 1.54) is 0 Å². The number of nitrogens with zero attached hydrogens (tertiary/aromatic N) is 2. The van der Waals surface area contributed by atoms with Crippen molar-refractivity contribution in [3.63, 3.8) is 0 Å². The molecule has 0 spiro atoms. The van der Waals surface area contributed by atoms with Gasteiger partial charge in [0, 0.05) is 38.3 Å². The molecule has 2 aliphatic heterocycles. The predicted octanol–water partition coefficient (Wildman–Crippen LogP) is 0.822. The van der Waals surface area contributed by atoms with Crippen molar-refractivity contribution in [1.82, 2.24) is 15.5 Å². The van der Waals surface area contributed by atoms with E-state index < -0.39 is 0 Å². The Morgan fingerprint density at radius 3 is 2.70 bits per heavy atom. The van der Waals surface area contributed by atoms with Crippen molar-refractivity contribution in [2.75, 3.05) is 57.9 Å². The molecule has 0 saturated carbocycles. The van der Waals surface area contributed by atoms with Gasteiger partial charge in [-0.3, -0.25) is 9.69 Å². The number of morpholine rings is 1. The zero-order valence-corrected chi connectivity index (χ0v) is 15.8. The van der Waals surface area contributed by atoms with Gasteiger partial charge in [-0.1, -0.05) is 0 Å². The number of hydrogen-bond donors (Lipinski definition) is 2. The summed E-state index contributed by atoms with van der Waals surface area (Å²) in [5, 5.41) is 5.78. The molecule has 0 aliphatic carbocycles. The summed E-state index contributed by atoms with van der Waals surface area (Å²) in [5.41, 5.74) is 0.816. The number of amides is 3. The monoisotopic (exact) mass is 376 g/mol. The smallest absolute Gasteiger partial charge is 0.315 e. The van der Waals surface area contributed by atoms with Crippen molar-refractivity contribution >= 4 is 17.6 Å². The van der Waals surface area contributed by atoms with Gasteiger partial charge in [0.05, 0.1) is 26.4 Å². The lowest BCUT2D eigenvalue weighted by atomic mass is 10.2. The van der Waals surface area contributed by atoms with Gasteiger partial charge in [-0.15, -0.1) is 0 Å². The molecule has 0 unspecified atom stereocenters. The lowest BCUT2D eigenvalue weighted by Gasteiger charge is -2.26. The van der Waals surface area contributed by atoms with Crippen LogP contribution in [0.1, 0.15) is 12.8 Å². The molecule has 2 saturated heterocycles. The van der Waals surface area contributed by atoms with Crippen molar-refractivity contribution in [1.29, 1.82) is 0 Å². The molecule has 1 aromatic carbocycles. The second kappa shape index (κ2) is 9.57. The van der Waals surface area contributed by atoms with E-state index >= 15 is 0 Å². The summed E-state index contributed by atoms with van der Waals surface area (Å²) in [5.74, 6) is 0.759. The highest BCUT2D eigenvalue weighted by Crippen LogP contribution is 2.24. The van der Waals surface area contributed by atoms with Crippen LogP contribution in [0.5, 0.6) is 5.75 Å². The lowest BCUT2D eigenvalue weighted by Crippen LogP contribution is -2.44. The maximum absolute atomic E-state index is 12.3. The fraction of sp³-hybridized carbons (Fsp3) is 0.579. The number of rotatable bonds is 7. The van der Waals surface area contributed by atoms with E-state index in [1.807, 2.05) is 24.3 Å². The van der Waals surface area contributed by atoms with Gasteiger partial charge < -0.3 is 25.0 Å². The van der Waals surface area contributed by atoms with Crippen LogP contribution in [-0.2, 0) is 9.53 Å². The third kappa shape index (κ3) is 5.58. The minimum absolute atomic E-state index is 0.0118. The summed E-state index contributed by atoms with van der Waals surface area (Å²) < 4.78 is 10.5. The first-order chi connectivity index (χ1) is 13.2. The van der Waals surface area contributed by atoms with Gasteiger partial charge in [-0.25, -0.2) is 4.79 Å². The fourth-order valence-corrected chi connectivity index (χ4v) is 3.38. The van der Waals surface area contributed by atoms with Gasteiger partial charge in [0.15, 0.2) is 0 Å². The number of anilines is 1. The highest BCUT2D eigenvalue weighted by Gasteiger charge is 2.31. The summed E-state index contributed by atoms with van der Waals surface area (Å²) in [7, 11) is 1.61. The Morgan fingerprint density at radius 1 is 1.26 bits per heavy atom. The van der Waals surface area contributed by atoms with Crippen LogP contribution in [0.3, 0.4) is 0 Å². The van der Waals surface area contributed by atoms with E-state index in [2.05, 4.69) is 15.5 Å². The van der Waals surface area contributed by atoms with Crippen LogP contribution in [-0.4, -0.2) is 75.9 Å². The average molecular weight is 376 g/mol. The Morgan fingerprint density at radius 2 is 2.00 bits per heavy atom. The Bertz CT molecular complexity index is 631. The van der Waals surface area contributed by atoms with E-state index in [0.29, 0.717) is 19.5 Å². The highest BCUT2D eigenvalue weighted by molar-refractivity contribution is 5.96. The maximum atomic E-state index is 12.3. The molecule has 8 nitrogen and oxygen atoms in total. The highest BCUT2D eigenvalue weighted by atomic mass is 16.5. The third-order valence-electron chi connectivity index (χ3n) is 4.88. The molecule has 2 N–H and O–H groups in total. The van der Waals surface area contributed by atoms with Crippen molar-refractivity contribution in [2.24, 2.45) is 0 Å². The van der Waals surface area contributed by atoms with E-state index in [9.17, 15) is 9.59 Å². The summed E-state index contributed by atoms with van der Waals surface area (Å²) in [6, 6.07) is 6.95. The van der Waals surface area contributed by atoms with Crippen molar-refractivity contribution < 1.29 is 19.1 Å². The molecule has 27 heavy (non-hydrogen) atoms. The molecular formula is C19H28N4O4. The number of benzene rings is 1. The molecule has 2 aliphatic rings. The van der Waals surface area contributed by atoms with Gasteiger partial charge in [0.25, 0.3) is 0 Å². The van der Waals surface area contributed by atoms with Gasteiger partial charge in [0.1, 0.15) is 5.75 Å². The van der Waals surface area contributed by atoms with Gasteiger partial charge in [-0.05, 0) is 37.2 Å². The minimum atomic E-state index is -0.216. The topological polar surface area (TPSA) is 83.1 Å². The number of carbonyl (C=O) groups is 2. The average Bonchev–Trinajstić information content (AvgIpc) is 3.06. The van der Waals surface area contributed by atoms with Crippen LogP contribution in [0, 0.1) is 0 Å². The van der Waals surface area contributed by atoms with Gasteiger partial charge in [-0.2, -0.15) is 0 Å². The number of carbonyl (C=O) groups excluding carboxylic acids is 2. The quantitative estimate of drug-likeness (QED) is 0.689. The molecule has 0 bridgehead atoms. The number of nitrogens with one attached hydrogen (secondary N) is 2. The Kier molecular flexibility index (Phi) is 6.89. The third-order valence-corrected chi connectivity index (χ3v) is 4.88. The van der Waals surface area contributed by atoms with Crippen molar-refractivity contribution in [3.8, 4) is 5.75 Å². The molecule has 0 aromatic heterocycles. The first kappa shape index (κ1) is 19.4.